The lowest BCUT2D eigenvalue weighted by Gasteiger charge is -2.28. The number of aryl methyl sites for hydroxylation is 4. The number of hydrogen-bond donors (Lipinski definition) is 1. The minimum atomic E-state index is -0.289. The van der Waals surface area contributed by atoms with E-state index in [0.29, 0.717) is 5.56 Å². The average Bonchev–Trinajstić information content (AvgIpc) is 3.54. The van der Waals surface area contributed by atoms with Gasteiger partial charge in [0.1, 0.15) is 11.6 Å². The summed E-state index contributed by atoms with van der Waals surface area (Å²) < 4.78 is 2.30. The summed E-state index contributed by atoms with van der Waals surface area (Å²) in [5.74, 6) is 0.933. The van der Waals surface area contributed by atoms with Gasteiger partial charge in [-0.05, 0) is 90.4 Å². The molecule has 6 aromatic carbocycles. The summed E-state index contributed by atoms with van der Waals surface area (Å²) >= 11 is 0. The van der Waals surface area contributed by atoms with Crippen LogP contribution in [0.5, 0.6) is 5.75 Å². The van der Waals surface area contributed by atoms with E-state index in [1.807, 2.05) is 30.5 Å². The third kappa shape index (κ3) is 5.56. The first kappa shape index (κ1) is 33.2. The van der Waals surface area contributed by atoms with Crippen LogP contribution in [0.1, 0.15) is 54.2 Å². The largest absolute Gasteiger partial charge is 0.507 e. The van der Waals surface area contributed by atoms with Gasteiger partial charge in [-0.2, -0.15) is 0 Å². The number of phenols is 1. The molecule has 0 spiro atoms. The molecule has 8 aromatic rings. The van der Waals surface area contributed by atoms with Crippen LogP contribution in [0.4, 0.5) is 0 Å². The third-order valence-electron chi connectivity index (χ3n) is 10.7. The number of imidazole rings is 1. The van der Waals surface area contributed by atoms with Gasteiger partial charge in [0, 0.05) is 28.1 Å². The number of aromatic hydroxyl groups is 1. The van der Waals surface area contributed by atoms with Crippen LogP contribution in [-0.2, 0) is 11.8 Å². The number of rotatable bonds is 7. The Hall–Kier alpha value is -6.00. The van der Waals surface area contributed by atoms with Crippen LogP contribution in [0.2, 0.25) is 0 Å². The summed E-state index contributed by atoms with van der Waals surface area (Å²) in [6, 6.07) is 44.8. The molecular formula is C48H43N3O. The van der Waals surface area contributed by atoms with Crippen molar-refractivity contribution in [1.29, 1.82) is 0 Å². The second-order valence-corrected chi connectivity index (χ2v) is 14.5. The number of fused-ring (bicyclic) bond motifs is 2. The predicted molar refractivity (Wildman–Crippen MR) is 217 cm³/mol. The molecule has 0 radical (unpaired) electrons. The normalized spacial score (nSPS) is 11.8. The van der Waals surface area contributed by atoms with Crippen LogP contribution >= 0.6 is 0 Å². The van der Waals surface area contributed by atoms with Crippen molar-refractivity contribution in [2.75, 3.05) is 0 Å². The van der Waals surface area contributed by atoms with E-state index in [1.165, 1.54) is 33.4 Å². The van der Waals surface area contributed by atoms with Gasteiger partial charge in [-0.15, -0.1) is 0 Å². The van der Waals surface area contributed by atoms with Crippen molar-refractivity contribution in [3.8, 4) is 45.1 Å². The maximum absolute atomic E-state index is 11.3. The average molecular weight is 678 g/mol. The Morgan fingerprint density at radius 3 is 2.00 bits per heavy atom. The van der Waals surface area contributed by atoms with Crippen LogP contribution in [0.15, 0.2) is 134 Å². The molecule has 52 heavy (non-hydrogen) atoms. The van der Waals surface area contributed by atoms with Gasteiger partial charge < -0.3 is 5.11 Å². The maximum atomic E-state index is 11.3. The maximum Gasteiger partial charge on any atom is 0.149 e. The predicted octanol–water partition coefficient (Wildman–Crippen LogP) is 12.1. The van der Waals surface area contributed by atoms with E-state index in [-0.39, 0.29) is 11.2 Å². The van der Waals surface area contributed by atoms with E-state index in [2.05, 4.69) is 143 Å². The molecule has 2 heterocycles. The third-order valence-corrected chi connectivity index (χ3v) is 10.7. The molecule has 4 heteroatoms. The number of phenolic OH excluding ortho intramolecular Hbond substituents is 1. The Bertz CT molecular complexity index is 2600. The van der Waals surface area contributed by atoms with E-state index in [9.17, 15) is 5.11 Å². The van der Waals surface area contributed by atoms with Crippen LogP contribution in [0, 0.1) is 20.8 Å². The molecule has 1 N–H and O–H groups in total. The molecule has 8 rings (SSSR count). The van der Waals surface area contributed by atoms with Gasteiger partial charge in [0.15, 0.2) is 0 Å². The molecule has 0 bridgehead atoms. The number of para-hydroxylation sites is 2. The fourth-order valence-corrected chi connectivity index (χ4v) is 8.01. The summed E-state index contributed by atoms with van der Waals surface area (Å²) in [6.07, 6.45) is 2.71. The molecule has 0 amide bonds. The van der Waals surface area contributed by atoms with Gasteiger partial charge in [-0.25, -0.2) is 4.98 Å². The highest BCUT2D eigenvalue weighted by Gasteiger charge is 2.27. The molecule has 0 saturated carbocycles. The summed E-state index contributed by atoms with van der Waals surface area (Å²) in [7, 11) is 0. The number of pyridine rings is 1. The SMILES string of the molecule is CCc1ccc(-c2cc(-c3cccc4cccnc34)cc(C(C)(C)c3ccccc3)c2)c2nc(-c3ccccc3O)n(-c3c(C)cc(C)cc3C)c12. The Morgan fingerprint density at radius 2 is 1.29 bits per heavy atom. The lowest BCUT2D eigenvalue weighted by molar-refractivity contribution is 0.477. The van der Waals surface area contributed by atoms with Gasteiger partial charge in [0.2, 0.25) is 0 Å². The van der Waals surface area contributed by atoms with Gasteiger partial charge in [-0.3, -0.25) is 9.55 Å². The molecule has 0 unspecified atom stereocenters. The molecule has 256 valence electrons. The Labute approximate surface area is 306 Å². The fourth-order valence-electron chi connectivity index (χ4n) is 8.01. The van der Waals surface area contributed by atoms with Crippen LogP contribution < -0.4 is 0 Å². The number of aromatic nitrogens is 3. The van der Waals surface area contributed by atoms with E-state index in [1.54, 1.807) is 6.07 Å². The standard InChI is InChI=1S/C48H43N3O/c1-7-33-22-23-40(44-46(33)51(45-31(3)25-30(2)26-32(45)4)47(50-44)41-19-11-12-21-42(41)52)36-27-35(39-20-13-15-34-16-14-24-49-43(34)39)28-38(29-36)48(5,6)37-17-9-8-10-18-37/h8-29,52H,7H2,1-6H3. The number of benzene rings is 6. The zero-order chi connectivity index (χ0) is 36.1. The van der Waals surface area contributed by atoms with Crippen molar-refractivity contribution in [1.82, 2.24) is 14.5 Å². The lowest BCUT2D eigenvalue weighted by Crippen LogP contribution is -2.19. The van der Waals surface area contributed by atoms with E-state index < -0.39 is 0 Å². The first-order chi connectivity index (χ1) is 25.2. The second kappa shape index (κ2) is 13.0. The lowest BCUT2D eigenvalue weighted by atomic mass is 9.76. The van der Waals surface area contributed by atoms with Crippen molar-refractivity contribution < 1.29 is 5.11 Å². The van der Waals surface area contributed by atoms with Crippen LogP contribution in [0.25, 0.3) is 61.3 Å². The summed E-state index contributed by atoms with van der Waals surface area (Å²) in [5, 5.41) is 12.4. The first-order valence-electron chi connectivity index (χ1n) is 18.1. The topological polar surface area (TPSA) is 50.9 Å². The van der Waals surface area contributed by atoms with Crippen molar-refractivity contribution in [2.45, 2.75) is 53.4 Å². The molecule has 0 saturated heterocycles. The molecule has 0 aliphatic rings. The quantitative estimate of drug-likeness (QED) is 0.183. The highest BCUT2D eigenvalue weighted by atomic mass is 16.3. The van der Waals surface area contributed by atoms with Gasteiger partial charge in [0.25, 0.3) is 0 Å². The smallest absolute Gasteiger partial charge is 0.149 e. The van der Waals surface area contributed by atoms with Crippen molar-refractivity contribution in [2.24, 2.45) is 0 Å². The summed E-state index contributed by atoms with van der Waals surface area (Å²) in [5.41, 5.74) is 16.0. The van der Waals surface area contributed by atoms with Gasteiger partial charge in [0.05, 0.1) is 27.8 Å². The molecule has 0 fully saturated rings. The zero-order valence-corrected chi connectivity index (χ0v) is 30.7. The highest BCUT2D eigenvalue weighted by molar-refractivity contribution is 6.00. The number of nitrogens with zero attached hydrogens (tertiary/aromatic N) is 3. The summed E-state index contributed by atoms with van der Waals surface area (Å²) in [6.45, 7) is 13.3. The Morgan fingerprint density at radius 1 is 0.635 bits per heavy atom. The van der Waals surface area contributed by atoms with E-state index in [0.717, 1.165) is 62.1 Å². The second-order valence-electron chi connectivity index (χ2n) is 14.5. The fraction of sp³-hybridized carbons (Fsp3) is 0.167. The van der Waals surface area contributed by atoms with Gasteiger partial charge >= 0.3 is 0 Å². The van der Waals surface area contributed by atoms with E-state index >= 15 is 0 Å². The van der Waals surface area contributed by atoms with Crippen molar-refractivity contribution >= 4 is 21.9 Å². The summed E-state index contributed by atoms with van der Waals surface area (Å²) in [4.78, 5) is 10.4. The molecule has 0 aliphatic heterocycles. The molecule has 4 nitrogen and oxygen atoms in total. The molecular weight excluding hydrogens is 635 g/mol. The van der Waals surface area contributed by atoms with Gasteiger partial charge in [-0.1, -0.05) is 129 Å². The highest BCUT2D eigenvalue weighted by Crippen LogP contribution is 2.43. The monoisotopic (exact) mass is 677 g/mol. The van der Waals surface area contributed by atoms with Crippen LogP contribution in [-0.4, -0.2) is 19.6 Å². The van der Waals surface area contributed by atoms with E-state index in [4.69, 9.17) is 9.97 Å². The Balaban J connectivity index is 1.48. The minimum Gasteiger partial charge on any atom is -0.507 e. The molecule has 2 aromatic heterocycles. The first-order valence-corrected chi connectivity index (χ1v) is 18.1. The number of hydrogen-bond acceptors (Lipinski definition) is 3. The minimum absolute atomic E-state index is 0.207. The van der Waals surface area contributed by atoms with Crippen molar-refractivity contribution in [3.05, 3.63) is 167 Å². The van der Waals surface area contributed by atoms with Crippen LogP contribution in [0.3, 0.4) is 0 Å². The zero-order valence-electron chi connectivity index (χ0n) is 30.7. The molecule has 0 aliphatic carbocycles. The molecule has 0 atom stereocenters. The Kier molecular flexibility index (Phi) is 8.26. The van der Waals surface area contributed by atoms with Crippen molar-refractivity contribution in [3.63, 3.8) is 0 Å².